The summed E-state index contributed by atoms with van der Waals surface area (Å²) < 4.78 is 33.5. The molecule has 162 valence electrons. The molecule has 4 atom stereocenters. The van der Waals surface area contributed by atoms with E-state index in [2.05, 4.69) is 75.5 Å². The van der Waals surface area contributed by atoms with Crippen LogP contribution >= 0.6 is 22.6 Å². The van der Waals surface area contributed by atoms with Gasteiger partial charge in [0.15, 0.2) is 14.1 Å². The van der Waals surface area contributed by atoms with Crippen molar-refractivity contribution in [3.63, 3.8) is 0 Å². The highest BCUT2D eigenvalue weighted by Gasteiger charge is 2.67. The SMILES string of the molecule is Cc1ccc(I)c2c1[C@@]1(OC2)O[C@H](CO[Si](C)(C)C(C)(C)C)[C@H]2OC(C)(C)O[C@H]21. The van der Waals surface area contributed by atoms with Gasteiger partial charge in [-0.2, -0.15) is 0 Å². The Morgan fingerprint density at radius 3 is 2.52 bits per heavy atom. The number of aryl methyl sites for hydroxylation is 1. The Morgan fingerprint density at radius 1 is 1.17 bits per heavy atom. The van der Waals surface area contributed by atoms with Crippen LogP contribution in [0.1, 0.15) is 51.3 Å². The Bertz CT molecular complexity index is 818. The highest BCUT2D eigenvalue weighted by Crippen LogP contribution is 2.55. The Balaban J connectivity index is 1.68. The lowest BCUT2D eigenvalue weighted by atomic mass is 9.92. The monoisotopic (exact) mass is 532 g/mol. The molecule has 0 radical (unpaired) electrons. The van der Waals surface area contributed by atoms with Crippen LogP contribution < -0.4 is 0 Å². The summed E-state index contributed by atoms with van der Waals surface area (Å²) in [6, 6.07) is 4.27. The third-order valence-corrected chi connectivity index (χ3v) is 12.4. The molecule has 4 rings (SSSR count). The van der Waals surface area contributed by atoms with E-state index in [0.29, 0.717) is 13.2 Å². The van der Waals surface area contributed by atoms with Gasteiger partial charge in [-0.3, -0.25) is 0 Å². The van der Waals surface area contributed by atoms with Crippen molar-refractivity contribution in [1.82, 2.24) is 0 Å². The predicted octanol–water partition coefficient (Wildman–Crippen LogP) is 5.22. The van der Waals surface area contributed by atoms with E-state index in [9.17, 15) is 0 Å². The highest BCUT2D eigenvalue weighted by molar-refractivity contribution is 14.1. The third-order valence-electron chi connectivity index (χ3n) is 6.85. The molecule has 7 heteroatoms. The number of rotatable bonds is 3. The molecule has 1 spiro atoms. The fourth-order valence-electron chi connectivity index (χ4n) is 4.28. The summed E-state index contributed by atoms with van der Waals surface area (Å²) in [5.41, 5.74) is 3.47. The number of benzene rings is 1. The smallest absolute Gasteiger partial charge is 0.226 e. The highest BCUT2D eigenvalue weighted by atomic mass is 127. The number of ether oxygens (including phenoxy) is 4. The Hall–Kier alpha value is -0.0331. The molecule has 3 aliphatic rings. The second-order valence-electron chi connectivity index (χ2n) is 10.4. The molecular weight excluding hydrogens is 499 g/mol. The topological polar surface area (TPSA) is 46.2 Å². The predicted molar refractivity (Wildman–Crippen MR) is 122 cm³/mol. The van der Waals surface area contributed by atoms with E-state index in [4.69, 9.17) is 23.4 Å². The van der Waals surface area contributed by atoms with Gasteiger partial charge < -0.3 is 23.4 Å². The summed E-state index contributed by atoms with van der Waals surface area (Å²) in [6.45, 7) is 18.3. The van der Waals surface area contributed by atoms with Gasteiger partial charge in [0.25, 0.3) is 0 Å². The van der Waals surface area contributed by atoms with Crippen molar-refractivity contribution >= 4 is 30.9 Å². The van der Waals surface area contributed by atoms with Gasteiger partial charge in [0, 0.05) is 14.7 Å². The van der Waals surface area contributed by atoms with Crippen molar-refractivity contribution in [3.05, 3.63) is 32.4 Å². The zero-order chi connectivity index (χ0) is 21.4. The van der Waals surface area contributed by atoms with Gasteiger partial charge in [0.05, 0.1) is 13.2 Å². The maximum atomic E-state index is 6.66. The second kappa shape index (κ2) is 6.98. The lowest BCUT2D eigenvalue weighted by Crippen LogP contribution is -2.44. The first-order valence-electron chi connectivity index (χ1n) is 10.4. The molecule has 0 unspecified atom stereocenters. The van der Waals surface area contributed by atoms with Crippen molar-refractivity contribution in [2.45, 2.75) is 96.2 Å². The lowest BCUT2D eigenvalue weighted by Gasteiger charge is -2.37. The standard InChI is InChI=1S/C22H33IO5Si/c1-13-9-10-15(23)14-11-24-22(17(13)14)19-18(27-21(5,6)28-19)16(26-22)12-25-29(7,8)20(2,3)4/h9-10,16,18-19H,11-12H2,1-8H3/t16-,18-,19-,22-/m1/s1. The minimum absolute atomic E-state index is 0.137. The number of hydrogen-bond acceptors (Lipinski definition) is 5. The molecule has 2 fully saturated rings. The zero-order valence-corrected chi connectivity index (χ0v) is 21.9. The first-order valence-corrected chi connectivity index (χ1v) is 14.4. The number of fused-ring (bicyclic) bond motifs is 4. The van der Waals surface area contributed by atoms with Crippen LogP contribution in [0, 0.1) is 10.5 Å². The second-order valence-corrected chi connectivity index (χ2v) is 16.4. The molecule has 0 bridgehead atoms. The fraction of sp³-hybridized carbons (Fsp3) is 0.727. The van der Waals surface area contributed by atoms with Crippen molar-refractivity contribution < 1.29 is 23.4 Å². The summed E-state index contributed by atoms with van der Waals surface area (Å²) in [4.78, 5) is 0. The third kappa shape index (κ3) is 3.54. The van der Waals surface area contributed by atoms with E-state index in [-0.39, 0.29) is 23.4 Å². The first-order chi connectivity index (χ1) is 13.3. The fourth-order valence-corrected chi connectivity index (χ4v) is 5.90. The van der Waals surface area contributed by atoms with Crippen LogP contribution in [0.3, 0.4) is 0 Å². The minimum atomic E-state index is -1.91. The summed E-state index contributed by atoms with van der Waals surface area (Å²) >= 11 is 2.37. The Morgan fingerprint density at radius 2 is 1.86 bits per heavy atom. The van der Waals surface area contributed by atoms with Crippen LogP contribution in [0.25, 0.3) is 0 Å². The quantitative estimate of drug-likeness (QED) is 0.395. The molecule has 0 saturated carbocycles. The summed E-state index contributed by atoms with van der Waals surface area (Å²) in [5, 5.41) is 0.137. The summed E-state index contributed by atoms with van der Waals surface area (Å²) in [7, 11) is -1.91. The van der Waals surface area contributed by atoms with Gasteiger partial charge in [-0.05, 0) is 73.1 Å². The van der Waals surface area contributed by atoms with Gasteiger partial charge in [-0.25, -0.2) is 0 Å². The van der Waals surface area contributed by atoms with E-state index < -0.39 is 19.9 Å². The van der Waals surface area contributed by atoms with Gasteiger partial charge in [-0.15, -0.1) is 0 Å². The lowest BCUT2D eigenvalue weighted by molar-refractivity contribution is -0.297. The zero-order valence-electron chi connectivity index (χ0n) is 18.7. The largest absolute Gasteiger partial charge is 0.414 e. The van der Waals surface area contributed by atoms with Gasteiger partial charge in [0.2, 0.25) is 5.79 Å². The van der Waals surface area contributed by atoms with Crippen molar-refractivity contribution in [2.75, 3.05) is 6.61 Å². The average molecular weight is 532 g/mol. The van der Waals surface area contributed by atoms with E-state index in [1.54, 1.807) is 0 Å². The van der Waals surface area contributed by atoms with Crippen molar-refractivity contribution in [2.24, 2.45) is 0 Å². The molecule has 3 heterocycles. The molecule has 0 aliphatic carbocycles. The van der Waals surface area contributed by atoms with E-state index >= 15 is 0 Å². The van der Waals surface area contributed by atoms with Gasteiger partial charge in [-0.1, -0.05) is 26.8 Å². The Labute approximate surface area is 189 Å². The molecule has 1 aromatic carbocycles. The molecule has 2 saturated heterocycles. The van der Waals surface area contributed by atoms with Gasteiger partial charge in [0.1, 0.15) is 18.3 Å². The molecule has 5 nitrogen and oxygen atoms in total. The van der Waals surface area contributed by atoms with E-state index in [0.717, 1.165) is 11.1 Å². The van der Waals surface area contributed by atoms with Gasteiger partial charge >= 0.3 is 0 Å². The van der Waals surface area contributed by atoms with Crippen LogP contribution in [0.4, 0.5) is 0 Å². The van der Waals surface area contributed by atoms with Crippen molar-refractivity contribution in [3.8, 4) is 0 Å². The molecular formula is C22H33IO5Si. The Kier molecular flexibility index (Phi) is 5.34. The van der Waals surface area contributed by atoms with Crippen LogP contribution in [0.15, 0.2) is 12.1 Å². The summed E-state index contributed by atoms with van der Waals surface area (Å²) in [6.07, 6.45) is -0.777. The first kappa shape index (κ1) is 22.2. The van der Waals surface area contributed by atoms with Crippen LogP contribution in [0.2, 0.25) is 18.1 Å². The molecule has 29 heavy (non-hydrogen) atoms. The maximum absolute atomic E-state index is 6.66. The van der Waals surface area contributed by atoms with Crippen LogP contribution in [0.5, 0.6) is 0 Å². The molecule has 3 aliphatic heterocycles. The van der Waals surface area contributed by atoms with Crippen LogP contribution in [-0.4, -0.2) is 39.0 Å². The van der Waals surface area contributed by atoms with E-state index in [1.807, 2.05) is 13.8 Å². The van der Waals surface area contributed by atoms with Crippen molar-refractivity contribution in [1.29, 1.82) is 0 Å². The molecule has 1 aromatic rings. The maximum Gasteiger partial charge on any atom is 0.226 e. The number of halogens is 1. The number of hydrogen-bond donors (Lipinski definition) is 0. The molecule has 0 amide bonds. The van der Waals surface area contributed by atoms with Crippen LogP contribution in [-0.2, 0) is 35.8 Å². The normalized spacial score (nSPS) is 33.3. The molecule has 0 N–H and O–H groups in total. The molecule has 0 aromatic heterocycles. The van der Waals surface area contributed by atoms with E-state index in [1.165, 1.54) is 9.13 Å². The summed E-state index contributed by atoms with van der Waals surface area (Å²) in [5.74, 6) is -1.61. The average Bonchev–Trinajstić information content (AvgIpc) is 3.21. The minimum Gasteiger partial charge on any atom is -0.414 e.